The average Bonchev–Trinajstić information content (AvgIpc) is 2.67. The smallest absolute Gasteiger partial charge is 0.0547 e. The number of unbranched alkanes of at least 4 members (excludes halogenated alkanes) is 2. The van der Waals surface area contributed by atoms with Crippen LogP contribution in [0.4, 0.5) is 0 Å². The zero-order valence-corrected chi connectivity index (χ0v) is 18.6. The van der Waals surface area contributed by atoms with Crippen molar-refractivity contribution >= 4 is 0 Å². The van der Waals surface area contributed by atoms with Crippen LogP contribution in [0.2, 0.25) is 0 Å². The maximum atomic E-state index is 6.07. The van der Waals surface area contributed by atoms with Crippen LogP contribution in [0, 0.1) is 5.41 Å². The third kappa shape index (κ3) is 13.9. The molecule has 0 N–H and O–H groups in total. The van der Waals surface area contributed by atoms with Crippen LogP contribution in [0.25, 0.3) is 0 Å². The van der Waals surface area contributed by atoms with Crippen LogP contribution in [-0.4, -0.2) is 26.4 Å². The molecular formula is C25H46O2. The topological polar surface area (TPSA) is 18.5 Å². The van der Waals surface area contributed by atoms with Gasteiger partial charge in [0, 0.05) is 18.6 Å². The van der Waals surface area contributed by atoms with E-state index in [0.29, 0.717) is 0 Å². The quantitative estimate of drug-likeness (QED) is 0.160. The molecule has 0 saturated carbocycles. The van der Waals surface area contributed by atoms with Crippen molar-refractivity contribution in [3.63, 3.8) is 0 Å². The van der Waals surface area contributed by atoms with Gasteiger partial charge in [-0.15, -0.1) is 6.58 Å². The molecule has 0 aliphatic heterocycles. The monoisotopic (exact) mass is 378 g/mol. The van der Waals surface area contributed by atoms with Gasteiger partial charge in [-0.2, -0.15) is 0 Å². The average molecular weight is 379 g/mol. The molecule has 0 atom stereocenters. The van der Waals surface area contributed by atoms with Crippen LogP contribution < -0.4 is 0 Å². The van der Waals surface area contributed by atoms with Crippen LogP contribution in [0.1, 0.15) is 91.4 Å². The first kappa shape index (κ1) is 26.1. The number of hydrogen-bond donors (Lipinski definition) is 0. The highest BCUT2D eigenvalue weighted by atomic mass is 16.5. The Balaban J connectivity index is 4.20. The van der Waals surface area contributed by atoms with Gasteiger partial charge >= 0.3 is 0 Å². The Morgan fingerprint density at radius 1 is 0.815 bits per heavy atom. The predicted octanol–water partition coefficient (Wildman–Crippen LogP) is 7.66. The van der Waals surface area contributed by atoms with Gasteiger partial charge in [0.25, 0.3) is 0 Å². The number of allylic oxidation sites excluding steroid dienone is 3. The fourth-order valence-electron chi connectivity index (χ4n) is 3.33. The summed E-state index contributed by atoms with van der Waals surface area (Å²) >= 11 is 0. The van der Waals surface area contributed by atoms with E-state index in [0.717, 1.165) is 84.2 Å². The van der Waals surface area contributed by atoms with Crippen molar-refractivity contribution in [2.75, 3.05) is 26.4 Å². The van der Waals surface area contributed by atoms with Gasteiger partial charge in [0.2, 0.25) is 0 Å². The minimum Gasteiger partial charge on any atom is -0.381 e. The van der Waals surface area contributed by atoms with Crippen LogP contribution in [0.5, 0.6) is 0 Å². The van der Waals surface area contributed by atoms with Gasteiger partial charge in [0.15, 0.2) is 0 Å². The molecule has 0 saturated heterocycles. The molecule has 0 radical (unpaired) electrons. The molecule has 0 fully saturated rings. The molecule has 0 aliphatic rings. The summed E-state index contributed by atoms with van der Waals surface area (Å²) in [6.45, 7) is 21.9. The van der Waals surface area contributed by atoms with Crippen LogP contribution in [0.3, 0.4) is 0 Å². The molecule has 0 unspecified atom stereocenters. The Hall–Kier alpha value is -0.860. The lowest BCUT2D eigenvalue weighted by molar-refractivity contribution is -0.0278. The second-order valence-corrected chi connectivity index (χ2v) is 7.97. The van der Waals surface area contributed by atoms with Gasteiger partial charge in [0.05, 0.1) is 13.2 Å². The summed E-state index contributed by atoms with van der Waals surface area (Å²) in [6.07, 6.45) is 14.2. The molecule has 0 amide bonds. The molecule has 158 valence electrons. The van der Waals surface area contributed by atoms with Gasteiger partial charge in [0.1, 0.15) is 0 Å². The van der Waals surface area contributed by atoms with E-state index in [-0.39, 0.29) is 5.41 Å². The van der Waals surface area contributed by atoms with Crippen molar-refractivity contribution in [1.82, 2.24) is 0 Å². The van der Waals surface area contributed by atoms with Gasteiger partial charge in [-0.3, -0.25) is 0 Å². The van der Waals surface area contributed by atoms with E-state index in [4.69, 9.17) is 9.47 Å². The first-order valence-electron chi connectivity index (χ1n) is 11.1. The summed E-state index contributed by atoms with van der Waals surface area (Å²) in [7, 11) is 0. The van der Waals surface area contributed by atoms with E-state index < -0.39 is 0 Å². The molecule has 0 aromatic carbocycles. The maximum absolute atomic E-state index is 6.07. The number of rotatable bonds is 20. The summed E-state index contributed by atoms with van der Waals surface area (Å²) in [6, 6.07) is 0. The van der Waals surface area contributed by atoms with Gasteiger partial charge in [-0.25, -0.2) is 0 Å². The Morgan fingerprint density at radius 2 is 1.30 bits per heavy atom. The molecule has 0 heterocycles. The van der Waals surface area contributed by atoms with Gasteiger partial charge in [-0.1, -0.05) is 57.6 Å². The lowest BCUT2D eigenvalue weighted by Crippen LogP contribution is -2.32. The molecule has 0 bridgehead atoms. The molecule has 27 heavy (non-hydrogen) atoms. The highest BCUT2D eigenvalue weighted by Gasteiger charge is 2.28. The van der Waals surface area contributed by atoms with E-state index in [1.807, 2.05) is 6.08 Å². The summed E-state index contributed by atoms with van der Waals surface area (Å²) in [5, 5.41) is 0. The molecule has 0 aromatic rings. The van der Waals surface area contributed by atoms with E-state index in [9.17, 15) is 0 Å². The SMILES string of the molecule is C=CCC(CCC)(COCCCCC(=C)CC)COCCCCC(=C)CC. The fraction of sp³-hybridized carbons (Fsp3) is 0.760. The van der Waals surface area contributed by atoms with Crippen molar-refractivity contribution in [3.8, 4) is 0 Å². The molecule has 2 heteroatoms. The first-order chi connectivity index (χ1) is 13.0. The number of hydrogen-bond acceptors (Lipinski definition) is 2. The first-order valence-corrected chi connectivity index (χ1v) is 11.1. The van der Waals surface area contributed by atoms with Gasteiger partial charge < -0.3 is 9.47 Å². The third-order valence-corrected chi connectivity index (χ3v) is 5.31. The second-order valence-electron chi connectivity index (χ2n) is 7.97. The van der Waals surface area contributed by atoms with E-state index in [1.165, 1.54) is 24.0 Å². The molecule has 0 aromatic heterocycles. The maximum Gasteiger partial charge on any atom is 0.0547 e. The zero-order chi connectivity index (χ0) is 20.4. The predicted molar refractivity (Wildman–Crippen MR) is 120 cm³/mol. The normalized spacial score (nSPS) is 11.5. The standard InChI is InChI=1S/C25H46O2/c1-7-17-25(18-8-2,21-26-19-13-11-15-23(5)9-3)22-27-20-14-12-16-24(6)10-4/h7H,1,5-6,8-22H2,2-4H3. The summed E-state index contributed by atoms with van der Waals surface area (Å²) in [5.41, 5.74) is 2.77. The van der Waals surface area contributed by atoms with E-state index >= 15 is 0 Å². The molecule has 0 rings (SSSR count). The van der Waals surface area contributed by atoms with Crippen molar-refractivity contribution in [2.24, 2.45) is 5.41 Å². The molecular weight excluding hydrogens is 332 g/mol. The molecule has 0 spiro atoms. The van der Waals surface area contributed by atoms with Crippen LogP contribution >= 0.6 is 0 Å². The van der Waals surface area contributed by atoms with Crippen LogP contribution in [-0.2, 0) is 9.47 Å². The van der Waals surface area contributed by atoms with E-state index in [1.54, 1.807) is 0 Å². The van der Waals surface area contributed by atoms with Crippen molar-refractivity contribution < 1.29 is 9.47 Å². The summed E-state index contributed by atoms with van der Waals surface area (Å²) < 4.78 is 12.1. The Labute approximate surface area is 170 Å². The second kappa shape index (κ2) is 17.3. The molecule has 2 nitrogen and oxygen atoms in total. The highest BCUT2D eigenvalue weighted by Crippen LogP contribution is 2.30. The lowest BCUT2D eigenvalue weighted by Gasteiger charge is -2.32. The largest absolute Gasteiger partial charge is 0.381 e. The highest BCUT2D eigenvalue weighted by molar-refractivity contribution is 4.92. The minimum absolute atomic E-state index is 0.0799. The van der Waals surface area contributed by atoms with Crippen molar-refractivity contribution in [2.45, 2.75) is 91.4 Å². The number of ether oxygens (including phenoxy) is 2. The molecule has 0 aliphatic carbocycles. The van der Waals surface area contributed by atoms with E-state index in [2.05, 4.69) is 40.5 Å². The Kier molecular flexibility index (Phi) is 16.7. The lowest BCUT2D eigenvalue weighted by atomic mass is 9.81. The zero-order valence-electron chi connectivity index (χ0n) is 18.6. The third-order valence-electron chi connectivity index (χ3n) is 5.31. The van der Waals surface area contributed by atoms with Crippen molar-refractivity contribution in [3.05, 3.63) is 37.0 Å². The fourth-order valence-corrected chi connectivity index (χ4v) is 3.33. The Morgan fingerprint density at radius 3 is 1.67 bits per heavy atom. The summed E-state index contributed by atoms with van der Waals surface area (Å²) in [4.78, 5) is 0. The minimum atomic E-state index is 0.0799. The Bertz CT molecular complexity index is 369. The van der Waals surface area contributed by atoms with Gasteiger partial charge in [-0.05, 0) is 64.2 Å². The summed E-state index contributed by atoms with van der Waals surface area (Å²) in [5.74, 6) is 0. The van der Waals surface area contributed by atoms with Crippen molar-refractivity contribution in [1.29, 1.82) is 0 Å². The van der Waals surface area contributed by atoms with Crippen LogP contribution in [0.15, 0.2) is 37.0 Å².